The molecule has 3 atom stereocenters. The summed E-state index contributed by atoms with van der Waals surface area (Å²) >= 11 is 0. The number of H-pyrrole nitrogens is 1. The highest BCUT2D eigenvalue weighted by atomic mass is 16.5. The minimum absolute atomic E-state index is 0.0385. The monoisotopic (exact) mass is 683 g/mol. The van der Waals surface area contributed by atoms with Gasteiger partial charge >= 0.3 is 0 Å². The fourth-order valence-corrected chi connectivity index (χ4v) is 7.96. The summed E-state index contributed by atoms with van der Waals surface area (Å²) in [4.78, 5) is 3.27. The zero-order chi connectivity index (χ0) is 35.1. The SMILES string of the molecule is COc1cc([C@H]2Oc3cc(OCCO)c4c(c3C[C@H]2O)C[C@@H](Cc2ccc3[nH]ccc3c2)c2cc(O)ccc2-4)cc(CCc2ccccc2)c1O. The van der Waals surface area contributed by atoms with E-state index in [4.69, 9.17) is 14.2 Å². The van der Waals surface area contributed by atoms with Crippen molar-refractivity contribution in [1.29, 1.82) is 0 Å². The van der Waals surface area contributed by atoms with Gasteiger partial charge in [0.25, 0.3) is 0 Å². The molecule has 8 heteroatoms. The molecule has 0 saturated heterocycles. The number of nitrogens with one attached hydrogen (secondary N) is 1. The van der Waals surface area contributed by atoms with Gasteiger partial charge in [0.2, 0.25) is 0 Å². The summed E-state index contributed by atoms with van der Waals surface area (Å²) in [6.07, 6.45) is 3.40. The van der Waals surface area contributed by atoms with Crippen molar-refractivity contribution < 1.29 is 34.6 Å². The number of benzene rings is 5. The van der Waals surface area contributed by atoms with Gasteiger partial charge in [-0.25, -0.2) is 0 Å². The number of rotatable bonds is 10. The number of aromatic nitrogens is 1. The first kappa shape index (κ1) is 32.7. The maximum Gasteiger partial charge on any atom is 0.161 e. The van der Waals surface area contributed by atoms with E-state index in [1.54, 1.807) is 12.1 Å². The third kappa shape index (κ3) is 6.26. The normalized spacial score (nSPS) is 17.7. The van der Waals surface area contributed by atoms with Crippen LogP contribution in [0, 0.1) is 0 Å². The Balaban J connectivity index is 1.18. The third-order valence-electron chi connectivity index (χ3n) is 10.4. The highest BCUT2D eigenvalue weighted by Gasteiger charge is 2.38. The van der Waals surface area contributed by atoms with Crippen molar-refractivity contribution in [1.82, 2.24) is 4.98 Å². The summed E-state index contributed by atoms with van der Waals surface area (Å²) < 4.78 is 18.5. The molecule has 260 valence electrons. The van der Waals surface area contributed by atoms with Crippen LogP contribution in [0.2, 0.25) is 0 Å². The van der Waals surface area contributed by atoms with Crippen LogP contribution in [-0.4, -0.2) is 51.8 Å². The average Bonchev–Trinajstić information content (AvgIpc) is 3.62. The number of aromatic amines is 1. The lowest BCUT2D eigenvalue weighted by atomic mass is 9.73. The van der Waals surface area contributed by atoms with E-state index in [1.807, 2.05) is 48.7 Å². The summed E-state index contributed by atoms with van der Waals surface area (Å²) in [5, 5.41) is 44.4. The van der Waals surface area contributed by atoms with Crippen LogP contribution >= 0.6 is 0 Å². The zero-order valence-corrected chi connectivity index (χ0v) is 28.4. The van der Waals surface area contributed by atoms with E-state index in [-0.39, 0.29) is 30.6 Å². The number of ether oxygens (including phenoxy) is 3. The molecule has 8 rings (SSSR count). The second-order valence-corrected chi connectivity index (χ2v) is 13.6. The van der Waals surface area contributed by atoms with E-state index in [2.05, 4.69) is 41.4 Å². The van der Waals surface area contributed by atoms with E-state index in [0.29, 0.717) is 47.6 Å². The first-order chi connectivity index (χ1) is 24.9. The van der Waals surface area contributed by atoms with Gasteiger partial charge in [-0.2, -0.15) is 0 Å². The van der Waals surface area contributed by atoms with E-state index >= 15 is 0 Å². The average molecular weight is 684 g/mol. The van der Waals surface area contributed by atoms with Gasteiger partial charge in [-0.1, -0.05) is 42.5 Å². The molecule has 5 aromatic carbocycles. The van der Waals surface area contributed by atoms with Gasteiger partial charge in [0, 0.05) is 35.3 Å². The molecular weight excluding hydrogens is 642 g/mol. The van der Waals surface area contributed by atoms with E-state index in [1.165, 1.54) is 12.7 Å². The highest BCUT2D eigenvalue weighted by Crippen LogP contribution is 2.52. The Morgan fingerprint density at radius 1 is 0.843 bits per heavy atom. The van der Waals surface area contributed by atoms with Crippen molar-refractivity contribution in [2.45, 2.75) is 50.2 Å². The summed E-state index contributed by atoms with van der Waals surface area (Å²) in [5.41, 5.74) is 9.70. The smallest absolute Gasteiger partial charge is 0.161 e. The van der Waals surface area contributed by atoms with Crippen LogP contribution in [0.4, 0.5) is 0 Å². The molecule has 1 aliphatic heterocycles. The van der Waals surface area contributed by atoms with Crippen LogP contribution in [0.5, 0.6) is 28.7 Å². The van der Waals surface area contributed by atoms with Crippen LogP contribution in [0.1, 0.15) is 51.0 Å². The fourth-order valence-electron chi connectivity index (χ4n) is 7.96. The van der Waals surface area contributed by atoms with E-state index in [0.717, 1.165) is 57.1 Å². The molecule has 1 aromatic heterocycles. The Morgan fingerprint density at radius 2 is 1.71 bits per heavy atom. The number of hydrogen-bond acceptors (Lipinski definition) is 7. The molecule has 0 fully saturated rings. The molecule has 0 spiro atoms. The topological polar surface area (TPSA) is 124 Å². The lowest BCUT2D eigenvalue weighted by Gasteiger charge is -2.37. The number of phenolic OH excluding ortho intramolecular Hbond substituents is 2. The predicted octanol–water partition coefficient (Wildman–Crippen LogP) is 7.33. The number of methoxy groups -OCH3 is 1. The third-order valence-corrected chi connectivity index (χ3v) is 10.4. The van der Waals surface area contributed by atoms with Gasteiger partial charge in [-0.15, -0.1) is 0 Å². The van der Waals surface area contributed by atoms with Gasteiger partial charge in [0.1, 0.15) is 30.0 Å². The van der Waals surface area contributed by atoms with Crippen molar-refractivity contribution in [3.8, 4) is 39.9 Å². The van der Waals surface area contributed by atoms with Gasteiger partial charge < -0.3 is 39.6 Å². The molecule has 0 unspecified atom stereocenters. The molecule has 0 radical (unpaired) electrons. The standard InChI is InChI=1S/C43H41NO7/c1-49-40-21-30(19-28(42(40)48)9-7-25-5-3-2-4-6-25)43-37(47)23-34-35-20-29(18-26-8-12-36-27(17-26)13-14-44-36)33-22-31(46)10-11-32(33)41(35)39(50-16-15-45)24-38(34)51-43/h2-6,8,10-14,17,19,21-22,24,29,37,43-48H,7,9,15-16,18,20,23H2,1H3/t29-,37-,43-/m1/s1. The van der Waals surface area contributed by atoms with Crippen molar-refractivity contribution >= 4 is 10.9 Å². The highest BCUT2D eigenvalue weighted by molar-refractivity contribution is 5.83. The Hall–Kier alpha value is -5.44. The molecule has 0 saturated carbocycles. The van der Waals surface area contributed by atoms with Crippen LogP contribution in [-0.2, 0) is 32.1 Å². The second kappa shape index (κ2) is 13.7. The molecule has 0 bridgehead atoms. The molecule has 51 heavy (non-hydrogen) atoms. The van der Waals surface area contributed by atoms with Crippen molar-refractivity contribution in [2.24, 2.45) is 0 Å². The van der Waals surface area contributed by atoms with Gasteiger partial charge in [0.15, 0.2) is 11.5 Å². The predicted molar refractivity (Wildman–Crippen MR) is 196 cm³/mol. The number of aliphatic hydroxyl groups is 2. The molecular formula is C43H41NO7. The van der Waals surface area contributed by atoms with Crippen LogP contribution in [0.3, 0.4) is 0 Å². The molecule has 2 aliphatic rings. The molecule has 5 N–H and O–H groups in total. The van der Waals surface area contributed by atoms with Crippen molar-refractivity contribution in [3.05, 3.63) is 136 Å². The summed E-state index contributed by atoms with van der Waals surface area (Å²) in [5.74, 6) is 1.85. The quantitative estimate of drug-likeness (QED) is 0.102. The first-order valence-electron chi connectivity index (χ1n) is 17.5. The van der Waals surface area contributed by atoms with Gasteiger partial charge in [-0.3, -0.25) is 0 Å². The summed E-state index contributed by atoms with van der Waals surface area (Å²) in [7, 11) is 1.52. The Morgan fingerprint density at radius 3 is 2.53 bits per heavy atom. The Bertz CT molecular complexity index is 2210. The van der Waals surface area contributed by atoms with Crippen LogP contribution in [0.25, 0.3) is 22.0 Å². The number of aromatic hydroxyl groups is 2. The summed E-state index contributed by atoms with van der Waals surface area (Å²) in [6.45, 7) is -0.0510. The number of fused-ring (bicyclic) bond motifs is 6. The zero-order valence-electron chi connectivity index (χ0n) is 28.4. The maximum absolute atomic E-state index is 11.8. The molecule has 1 aliphatic carbocycles. The number of aryl methyl sites for hydroxylation is 2. The van der Waals surface area contributed by atoms with Crippen molar-refractivity contribution in [2.75, 3.05) is 20.3 Å². The van der Waals surface area contributed by atoms with E-state index < -0.39 is 12.2 Å². The minimum atomic E-state index is -0.877. The molecule has 8 nitrogen and oxygen atoms in total. The molecule has 6 aromatic rings. The number of hydrogen-bond donors (Lipinski definition) is 5. The Labute approximate surface area is 296 Å². The van der Waals surface area contributed by atoms with Gasteiger partial charge in [0.05, 0.1) is 19.8 Å². The minimum Gasteiger partial charge on any atom is -0.508 e. The van der Waals surface area contributed by atoms with Crippen LogP contribution < -0.4 is 14.2 Å². The fraction of sp³-hybridized carbons (Fsp3) is 0.256. The first-order valence-corrected chi connectivity index (χ1v) is 17.5. The lowest BCUT2D eigenvalue weighted by molar-refractivity contribution is 0.0201. The molecule has 2 heterocycles. The lowest BCUT2D eigenvalue weighted by Crippen LogP contribution is -2.32. The second-order valence-electron chi connectivity index (χ2n) is 13.6. The largest absolute Gasteiger partial charge is 0.508 e. The van der Waals surface area contributed by atoms with Crippen molar-refractivity contribution in [3.63, 3.8) is 0 Å². The van der Waals surface area contributed by atoms with E-state index in [9.17, 15) is 20.4 Å². The summed E-state index contributed by atoms with van der Waals surface area (Å²) in [6, 6.07) is 29.6. The molecule has 0 amide bonds. The Kier molecular flexibility index (Phi) is 8.80. The maximum atomic E-state index is 11.8. The number of aliphatic hydroxyl groups excluding tert-OH is 2. The number of phenols is 2. The van der Waals surface area contributed by atoms with Gasteiger partial charge in [-0.05, 0) is 118 Å². The van der Waals surface area contributed by atoms with Crippen LogP contribution in [0.15, 0.2) is 97.2 Å².